The zero-order valence-electron chi connectivity index (χ0n) is 11.9. The predicted molar refractivity (Wildman–Crippen MR) is 79.6 cm³/mol. The summed E-state index contributed by atoms with van der Waals surface area (Å²) >= 11 is 0. The molecule has 3 rings (SSSR count). The lowest BCUT2D eigenvalue weighted by atomic mass is 10.1. The molecule has 21 heavy (non-hydrogen) atoms. The van der Waals surface area contributed by atoms with Gasteiger partial charge in [-0.25, -0.2) is 4.79 Å². The second-order valence-corrected chi connectivity index (χ2v) is 5.43. The van der Waals surface area contributed by atoms with E-state index >= 15 is 0 Å². The molecule has 2 N–H and O–H groups in total. The van der Waals surface area contributed by atoms with Crippen LogP contribution >= 0.6 is 0 Å². The molecular weight excluding hydrogens is 266 g/mol. The van der Waals surface area contributed by atoms with Crippen molar-refractivity contribution in [2.75, 3.05) is 32.8 Å². The minimum atomic E-state index is -0.116. The number of carbonyl (C=O) groups excluding carboxylic acids is 1. The van der Waals surface area contributed by atoms with Crippen molar-refractivity contribution in [1.82, 2.24) is 15.1 Å². The lowest BCUT2D eigenvalue weighted by Gasteiger charge is -2.36. The van der Waals surface area contributed by atoms with Gasteiger partial charge in [0.05, 0.1) is 6.04 Å². The number of piperazine rings is 1. The number of urea groups is 1. The monoisotopic (exact) mass is 285 g/mol. The summed E-state index contributed by atoms with van der Waals surface area (Å²) in [6, 6.07) is 8.46. The average molecular weight is 285 g/mol. The Morgan fingerprint density at radius 1 is 1.38 bits per heavy atom. The van der Waals surface area contributed by atoms with Gasteiger partial charge in [-0.05, 0) is 17.7 Å². The van der Waals surface area contributed by atoms with Crippen molar-refractivity contribution in [3.05, 3.63) is 35.4 Å². The van der Waals surface area contributed by atoms with Gasteiger partial charge in [-0.3, -0.25) is 4.90 Å². The van der Waals surface area contributed by atoms with Crippen LogP contribution in [-0.2, 0) is 6.54 Å². The fourth-order valence-corrected chi connectivity index (χ4v) is 2.96. The first-order valence-electron chi connectivity index (χ1n) is 7.22. The number of rotatable bonds is 2. The molecule has 2 heterocycles. The van der Waals surface area contributed by atoms with E-state index in [1.54, 1.807) is 0 Å². The average Bonchev–Trinajstić information content (AvgIpc) is 2.86. The van der Waals surface area contributed by atoms with Gasteiger partial charge >= 0.3 is 6.03 Å². The van der Waals surface area contributed by atoms with Gasteiger partial charge in [-0.2, -0.15) is 0 Å². The van der Waals surface area contributed by atoms with E-state index in [0.29, 0.717) is 6.04 Å². The molecule has 5 nitrogen and oxygen atoms in total. The lowest BCUT2D eigenvalue weighted by Crippen LogP contribution is -2.51. The van der Waals surface area contributed by atoms with Crippen LogP contribution in [0, 0.1) is 11.8 Å². The van der Waals surface area contributed by atoms with E-state index in [1.165, 1.54) is 5.56 Å². The molecular formula is C16H19N3O2. The Balaban J connectivity index is 1.63. The maximum atomic E-state index is 11.6. The van der Waals surface area contributed by atoms with Crippen LogP contribution in [0.3, 0.4) is 0 Å². The van der Waals surface area contributed by atoms with E-state index < -0.39 is 0 Å². The molecule has 5 heteroatoms. The minimum Gasteiger partial charge on any atom is -0.384 e. The van der Waals surface area contributed by atoms with Crippen molar-refractivity contribution in [2.45, 2.75) is 12.6 Å². The normalized spacial score (nSPS) is 21.5. The zero-order chi connectivity index (χ0) is 14.7. The Labute approximate surface area is 124 Å². The number of aliphatic hydroxyl groups excluding tert-OH is 1. The number of benzene rings is 1. The Bertz CT molecular complexity index is 591. The zero-order valence-corrected chi connectivity index (χ0v) is 11.9. The first-order valence-corrected chi connectivity index (χ1v) is 7.22. The fourth-order valence-electron chi connectivity index (χ4n) is 2.96. The van der Waals surface area contributed by atoms with Crippen LogP contribution in [0.4, 0.5) is 4.79 Å². The van der Waals surface area contributed by atoms with Crippen LogP contribution in [0.2, 0.25) is 0 Å². The summed E-state index contributed by atoms with van der Waals surface area (Å²) in [6.45, 7) is 4.10. The van der Waals surface area contributed by atoms with Gasteiger partial charge in [0.2, 0.25) is 0 Å². The summed E-state index contributed by atoms with van der Waals surface area (Å²) in [5.41, 5.74) is 2.14. The van der Waals surface area contributed by atoms with E-state index in [4.69, 9.17) is 5.11 Å². The SMILES string of the molecule is O=C1NCC2CN(Cc3cccc(C#CCO)c3)CCN12. The molecule has 0 bridgehead atoms. The third kappa shape index (κ3) is 3.18. The van der Waals surface area contributed by atoms with E-state index in [-0.39, 0.29) is 12.6 Å². The van der Waals surface area contributed by atoms with Gasteiger partial charge < -0.3 is 15.3 Å². The summed E-state index contributed by atoms with van der Waals surface area (Å²) in [4.78, 5) is 15.9. The number of amides is 2. The molecule has 2 amide bonds. The smallest absolute Gasteiger partial charge is 0.317 e. The molecule has 0 aliphatic carbocycles. The maximum absolute atomic E-state index is 11.6. The van der Waals surface area contributed by atoms with E-state index in [1.807, 2.05) is 17.0 Å². The molecule has 2 aliphatic rings. The van der Waals surface area contributed by atoms with Crippen molar-refractivity contribution in [3.8, 4) is 11.8 Å². The van der Waals surface area contributed by atoms with Crippen molar-refractivity contribution in [3.63, 3.8) is 0 Å². The van der Waals surface area contributed by atoms with Crippen LogP contribution in [-0.4, -0.2) is 59.8 Å². The summed E-state index contributed by atoms with van der Waals surface area (Å²) < 4.78 is 0. The number of carbonyl (C=O) groups is 1. The molecule has 2 fully saturated rings. The Morgan fingerprint density at radius 3 is 3.14 bits per heavy atom. The molecule has 0 radical (unpaired) electrons. The number of hydrogen-bond donors (Lipinski definition) is 2. The molecule has 1 aromatic rings. The number of fused-ring (bicyclic) bond motifs is 1. The number of hydrogen-bond acceptors (Lipinski definition) is 3. The van der Waals surface area contributed by atoms with Crippen LogP contribution in [0.5, 0.6) is 0 Å². The summed E-state index contributed by atoms with van der Waals surface area (Å²) in [7, 11) is 0. The standard InChI is InChI=1S/C16H19N3O2/c20-8-2-5-13-3-1-4-14(9-13)11-18-6-7-19-15(12-18)10-17-16(19)21/h1,3-4,9,15,20H,6-8,10-12H2,(H,17,21). The van der Waals surface area contributed by atoms with E-state index in [0.717, 1.165) is 38.3 Å². The quantitative estimate of drug-likeness (QED) is 0.765. The van der Waals surface area contributed by atoms with Crippen molar-refractivity contribution < 1.29 is 9.90 Å². The molecule has 2 aliphatic heterocycles. The lowest BCUT2D eigenvalue weighted by molar-refractivity contribution is 0.116. The topological polar surface area (TPSA) is 55.8 Å². The first-order chi connectivity index (χ1) is 10.3. The molecule has 110 valence electrons. The van der Waals surface area contributed by atoms with Crippen LogP contribution in [0.1, 0.15) is 11.1 Å². The Morgan fingerprint density at radius 2 is 2.29 bits per heavy atom. The highest BCUT2D eigenvalue weighted by Gasteiger charge is 2.35. The minimum absolute atomic E-state index is 0.0703. The Hall–Kier alpha value is -2.03. The molecule has 1 unspecified atom stereocenters. The van der Waals surface area contributed by atoms with Crippen LogP contribution in [0.25, 0.3) is 0 Å². The van der Waals surface area contributed by atoms with E-state index in [9.17, 15) is 4.79 Å². The molecule has 1 atom stereocenters. The fraction of sp³-hybridized carbons (Fsp3) is 0.438. The number of nitrogens with zero attached hydrogens (tertiary/aromatic N) is 2. The Kier molecular flexibility index (Phi) is 4.09. The second-order valence-electron chi connectivity index (χ2n) is 5.43. The van der Waals surface area contributed by atoms with Gasteiger partial charge in [0.25, 0.3) is 0 Å². The first kappa shape index (κ1) is 13.9. The van der Waals surface area contributed by atoms with Gasteiger partial charge in [0, 0.05) is 38.3 Å². The highest BCUT2D eigenvalue weighted by molar-refractivity contribution is 5.77. The second kappa shape index (κ2) is 6.17. The highest BCUT2D eigenvalue weighted by Crippen LogP contribution is 2.16. The number of nitrogens with one attached hydrogen (secondary N) is 1. The highest BCUT2D eigenvalue weighted by atomic mass is 16.2. The van der Waals surface area contributed by atoms with Crippen molar-refractivity contribution in [2.24, 2.45) is 0 Å². The third-order valence-corrected chi connectivity index (χ3v) is 3.96. The predicted octanol–water partition coefficient (Wildman–Crippen LogP) is 0.240. The van der Waals surface area contributed by atoms with E-state index in [2.05, 4.69) is 34.2 Å². The molecule has 0 spiro atoms. The molecule has 2 saturated heterocycles. The van der Waals surface area contributed by atoms with Crippen LogP contribution < -0.4 is 5.32 Å². The van der Waals surface area contributed by atoms with Crippen molar-refractivity contribution >= 4 is 6.03 Å². The van der Waals surface area contributed by atoms with Crippen molar-refractivity contribution in [1.29, 1.82) is 0 Å². The maximum Gasteiger partial charge on any atom is 0.317 e. The van der Waals surface area contributed by atoms with Crippen LogP contribution in [0.15, 0.2) is 24.3 Å². The third-order valence-electron chi connectivity index (χ3n) is 3.96. The van der Waals surface area contributed by atoms with Gasteiger partial charge in [0.1, 0.15) is 6.61 Å². The molecule has 0 aromatic heterocycles. The summed E-state index contributed by atoms with van der Waals surface area (Å²) in [5, 5.41) is 11.6. The number of aliphatic hydroxyl groups is 1. The molecule has 0 saturated carbocycles. The van der Waals surface area contributed by atoms with Gasteiger partial charge in [-0.15, -0.1) is 0 Å². The summed E-state index contributed by atoms with van der Waals surface area (Å²) in [5.74, 6) is 5.60. The van der Waals surface area contributed by atoms with Gasteiger partial charge in [0.15, 0.2) is 0 Å². The largest absolute Gasteiger partial charge is 0.384 e. The summed E-state index contributed by atoms with van der Waals surface area (Å²) in [6.07, 6.45) is 0. The molecule has 1 aromatic carbocycles. The van der Waals surface area contributed by atoms with Gasteiger partial charge in [-0.1, -0.05) is 24.0 Å².